The summed E-state index contributed by atoms with van der Waals surface area (Å²) in [5.41, 5.74) is -0.239. The van der Waals surface area contributed by atoms with Crippen molar-refractivity contribution in [3.05, 3.63) is 59.7 Å². The Hall–Kier alpha value is -3.10. The van der Waals surface area contributed by atoms with Gasteiger partial charge in [0, 0.05) is 17.8 Å². The van der Waals surface area contributed by atoms with Crippen LogP contribution in [0.1, 0.15) is 11.1 Å². The van der Waals surface area contributed by atoms with E-state index in [1.54, 1.807) is 0 Å². The van der Waals surface area contributed by atoms with Gasteiger partial charge >= 0.3 is 12.8 Å². The van der Waals surface area contributed by atoms with E-state index in [-0.39, 0.29) is 17.2 Å². The molecule has 1 amide bonds. The Bertz CT molecular complexity index is 817. The first kappa shape index (κ1) is 20.2. The monoisotopic (exact) mass is 387 g/mol. The molecule has 0 fully saturated rings. The van der Waals surface area contributed by atoms with Gasteiger partial charge in [-0.2, -0.15) is 22.0 Å². The van der Waals surface area contributed by atoms with Gasteiger partial charge in [0.15, 0.2) is 11.5 Å². The van der Waals surface area contributed by atoms with E-state index in [1.807, 2.05) is 0 Å². The summed E-state index contributed by atoms with van der Waals surface area (Å²) >= 11 is 0. The highest BCUT2D eigenvalue weighted by molar-refractivity contribution is 6.02. The van der Waals surface area contributed by atoms with Crippen molar-refractivity contribution < 1.29 is 36.2 Å². The Kier molecular flexibility index (Phi) is 6.38. The lowest BCUT2D eigenvalue weighted by atomic mass is 10.1. The summed E-state index contributed by atoms with van der Waals surface area (Å²) in [7, 11) is 1.28. The molecule has 27 heavy (non-hydrogen) atoms. The van der Waals surface area contributed by atoms with Crippen LogP contribution in [0.15, 0.2) is 48.5 Å². The number of alkyl halides is 5. The third-order valence-electron chi connectivity index (χ3n) is 3.31. The highest BCUT2D eigenvalue weighted by Gasteiger charge is 2.29. The van der Waals surface area contributed by atoms with Crippen LogP contribution in [0.5, 0.6) is 11.5 Å². The smallest absolute Gasteiger partial charge is 0.416 e. The van der Waals surface area contributed by atoms with Gasteiger partial charge in [-0.15, -0.1) is 0 Å². The molecule has 2 rings (SSSR count). The fourth-order valence-corrected chi connectivity index (χ4v) is 2.08. The Labute approximate surface area is 151 Å². The van der Waals surface area contributed by atoms with Gasteiger partial charge in [0.1, 0.15) is 0 Å². The Balaban J connectivity index is 2.05. The van der Waals surface area contributed by atoms with Gasteiger partial charge in [0.05, 0.1) is 12.7 Å². The maximum Gasteiger partial charge on any atom is 0.416 e. The number of halogens is 5. The Morgan fingerprint density at radius 3 is 2.30 bits per heavy atom. The molecule has 0 aliphatic heterocycles. The lowest BCUT2D eigenvalue weighted by Crippen LogP contribution is -2.09. The fraction of sp³-hybridized carbons (Fsp3) is 0.167. The number of ether oxygens (including phenoxy) is 2. The van der Waals surface area contributed by atoms with Crippen molar-refractivity contribution in [3.8, 4) is 11.5 Å². The van der Waals surface area contributed by atoms with E-state index in [0.717, 1.165) is 24.3 Å². The van der Waals surface area contributed by atoms with Crippen molar-refractivity contribution >= 4 is 17.7 Å². The molecule has 1 N–H and O–H groups in total. The number of hydrogen-bond donors (Lipinski definition) is 1. The molecule has 2 aromatic carbocycles. The number of carbonyl (C=O) groups excluding carboxylic acids is 1. The van der Waals surface area contributed by atoms with Crippen LogP contribution in [-0.4, -0.2) is 19.6 Å². The van der Waals surface area contributed by atoms with Crippen LogP contribution >= 0.6 is 0 Å². The van der Waals surface area contributed by atoms with Gasteiger partial charge < -0.3 is 14.8 Å². The zero-order chi connectivity index (χ0) is 20.0. The minimum atomic E-state index is -4.44. The topological polar surface area (TPSA) is 47.6 Å². The molecule has 0 heterocycles. The third kappa shape index (κ3) is 5.98. The van der Waals surface area contributed by atoms with Crippen LogP contribution in [-0.2, 0) is 11.0 Å². The second-order valence-electron chi connectivity index (χ2n) is 5.19. The second-order valence-corrected chi connectivity index (χ2v) is 5.19. The number of amides is 1. The summed E-state index contributed by atoms with van der Waals surface area (Å²) in [6.07, 6.45) is -2.03. The van der Waals surface area contributed by atoms with Crippen molar-refractivity contribution in [3.63, 3.8) is 0 Å². The summed E-state index contributed by atoms with van der Waals surface area (Å²) in [5.74, 6) is -0.798. The first-order valence-electron chi connectivity index (χ1n) is 7.48. The van der Waals surface area contributed by atoms with Gasteiger partial charge in [-0.3, -0.25) is 4.79 Å². The number of benzene rings is 2. The van der Waals surface area contributed by atoms with Gasteiger partial charge in [-0.25, -0.2) is 0 Å². The van der Waals surface area contributed by atoms with Crippen molar-refractivity contribution in [1.29, 1.82) is 0 Å². The number of anilines is 1. The maximum atomic E-state index is 12.5. The number of methoxy groups -OCH3 is 1. The molecule has 4 nitrogen and oxygen atoms in total. The quantitative estimate of drug-likeness (QED) is 0.563. The normalized spacial score (nSPS) is 11.7. The zero-order valence-electron chi connectivity index (χ0n) is 13.9. The van der Waals surface area contributed by atoms with Gasteiger partial charge in [0.2, 0.25) is 5.91 Å². The molecule has 0 spiro atoms. The van der Waals surface area contributed by atoms with E-state index < -0.39 is 24.3 Å². The molecule has 0 unspecified atom stereocenters. The average molecular weight is 387 g/mol. The summed E-state index contributed by atoms with van der Waals surface area (Å²) < 4.78 is 71.5. The van der Waals surface area contributed by atoms with Crippen LogP contribution in [0.4, 0.5) is 27.6 Å². The molecule has 0 saturated carbocycles. The molecule has 2 aromatic rings. The van der Waals surface area contributed by atoms with Crippen LogP contribution in [0, 0.1) is 0 Å². The van der Waals surface area contributed by atoms with Gasteiger partial charge in [-0.05, 0) is 35.9 Å². The van der Waals surface area contributed by atoms with E-state index in [1.165, 1.54) is 37.5 Å². The largest absolute Gasteiger partial charge is 0.493 e. The molecular weight excluding hydrogens is 373 g/mol. The van der Waals surface area contributed by atoms with E-state index >= 15 is 0 Å². The predicted molar refractivity (Wildman–Crippen MR) is 88.7 cm³/mol. The van der Waals surface area contributed by atoms with E-state index in [4.69, 9.17) is 4.74 Å². The predicted octanol–water partition coefficient (Wildman–Crippen LogP) is 4.97. The highest BCUT2D eigenvalue weighted by Crippen LogP contribution is 2.31. The minimum Gasteiger partial charge on any atom is -0.493 e. The highest BCUT2D eigenvalue weighted by atomic mass is 19.4. The summed E-state index contributed by atoms with van der Waals surface area (Å²) in [6, 6.07) is 8.15. The fourth-order valence-electron chi connectivity index (χ4n) is 2.08. The SMILES string of the molecule is COc1ccc(NC(=O)/C=C/c2ccc(C(F)(F)F)cc2)cc1OC(F)F. The minimum absolute atomic E-state index is 0.0635. The first-order chi connectivity index (χ1) is 12.7. The zero-order valence-corrected chi connectivity index (χ0v) is 13.9. The van der Waals surface area contributed by atoms with E-state index in [2.05, 4.69) is 10.1 Å². The van der Waals surface area contributed by atoms with E-state index in [9.17, 15) is 26.7 Å². The van der Waals surface area contributed by atoms with Crippen molar-refractivity contribution in [2.45, 2.75) is 12.8 Å². The lowest BCUT2D eigenvalue weighted by Gasteiger charge is -2.11. The molecule has 0 aliphatic carbocycles. The molecule has 0 radical (unpaired) electrons. The Morgan fingerprint density at radius 1 is 1.07 bits per heavy atom. The van der Waals surface area contributed by atoms with Crippen molar-refractivity contribution in [1.82, 2.24) is 0 Å². The number of hydrogen-bond acceptors (Lipinski definition) is 3. The van der Waals surface area contributed by atoms with Crippen molar-refractivity contribution in [2.75, 3.05) is 12.4 Å². The number of rotatable bonds is 6. The molecule has 9 heteroatoms. The lowest BCUT2D eigenvalue weighted by molar-refractivity contribution is -0.137. The van der Waals surface area contributed by atoms with E-state index in [0.29, 0.717) is 5.56 Å². The third-order valence-corrected chi connectivity index (χ3v) is 3.31. The van der Waals surface area contributed by atoms with Crippen LogP contribution in [0.2, 0.25) is 0 Å². The Morgan fingerprint density at radius 2 is 1.74 bits per heavy atom. The molecule has 0 bridgehead atoms. The summed E-state index contributed by atoms with van der Waals surface area (Å²) in [6.45, 7) is -3.07. The van der Waals surface area contributed by atoms with Crippen LogP contribution < -0.4 is 14.8 Å². The van der Waals surface area contributed by atoms with Crippen LogP contribution in [0.3, 0.4) is 0 Å². The molecule has 0 saturated heterocycles. The first-order valence-corrected chi connectivity index (χ1v) is 7.48. The second kappa shape index (κ2) is 8.52. The van der Waals surface area contributed by atoms with Crippen LogP contribution in [0.25, 0.3) is 6.08 Å². The standard InChI is InChI=1S/C18H14F5NO3/c1-26-14-8-7-13(10-15(14)27-17(19)20)24-16(25)9-4-11-2-5-12(6-3-11)18(21,22)23/h2-10,17H,1H3,(H,24,25)/b9-4+. The molecule has 0 atom stereocenters. The van der Waals surface area contributed by atoms with Gasteiger partial charge in [-0.1, -0.05) is 12.1 Å². The molecular formula is C18H14F5NO3. The van der Waals surface area contributed by atoms with Crippen molar-refractivity contribution in [2.24, 2.45) is 0 Å². The maximum absolute atomic E-state index is 12.5. The molecule has 0 aliphatic rings. The number of nitrogens with one attached hydrogen (secondary N) is 1. The summed E-state index contributed by atoms with van der Waals surface area (Å²) in [5, 5.41) is 2.43. The average Bonchev–Trinajstić information content (AvgIpc) is 2.59. The molecule has 144 valence electrons. The van der Waals surface area contributed by atoms with Gasteiger partial charge in [0.25, 0.3) is 0 Å². The number of carbonyl (C=O) groups is 1. The molecule has 0 aromatic heterocycles. The summed E-state index contributed by atoms with van der Waals surface area (Å²) in [4.78, 5) is 11.9.